The summed E-state index contributed by atoms with van der Waals surface area (Å²) in [4.78, 5) is 2.58. The lowest BCUT2D eigenvalue weighted by atomic mass is 9.85. The maximum absolute atomic E-state index is 5.64. The largest absolute Gasteiger partial charge is 0.376 e. The van der Waals surface area contributed by atoms with Gasteiger partial charge in [-0.05, 0) is 20.3 Å². The average Bonchev–Trinajstić information content (AvgIpc) is 2.54. The van der Waals surface area contributed by atoms with Gasteiger partial charge < -0.3 is 4.74 Å². The first-order valence-electron chi connectivity index (χ1n) is 4.61. The molecule has 0 aromatic carbocycles. The molecule has 0 amide bonds. The standard InChI is InChI=1S/C9H15NO/c1-6(2)10-5-9-3-8(9)11-4-7(9)10/h6-8H,3-5H2,1-2H3. The minimum atomic E-state index is 0.655. The van der Waals surface area contributed by atoms with Crippen LogP contribution in [0.3, 0.4) is 0 Å². The fourth-order valence-electron chi connectivity index (χ4n) is 2.81. The van der Waals surface area contributed by atoms with Crippen molar-refractivity contribution in [2.45, 2.75) is 38.5 Å². The van der Waals surface area contributed by atoms with Crippen LogP contribution in [-0.2, 0) is 4.74 Å². The molecule has 2 aliphatic heterocycles. The van der Waals surface area contributed by atoms with Crippen molar-refractivity contribution in [3.05, 3.63) is 0 Å². The van der Waals surface area contributed by atoms with E-state index in [0.717, 1.165) is 12.6 Å². The van der Waals surface area contributed by atoms with E-state index in [1.807, 2.05) is 0 Å². The summed E-state index contributed by atoms with van der Waals surface area (Å²) in [6, 6.07) is 1.50. The number of likely N-dealkylation sites (tertiary alicyclic amines) is 1. The number of ether oxygens (including phenoxy) is 1. The fraction of sp³-hybridized carbons (Fsp3) is 1.00. The molecule has 3 atom stereocenters. The molecule has 0 bridgehead atoms. The molecule has 2 heteroatoms. The van der Waals surface area contributed by atoms with E-state index in [4.69, 9.17) is 4.74 Å². The van der Waals surface area contributed by atoms with Crippen LogP contribution >= 0.6 is 0 Å². The molecule has 62 valence electrons. The van der Waals surface area contributed by atoms with Crippen LogP contribution in [0.1, 0.15) is 20.3 Å². The van der Waals surface area contributed by atoms with Crippen molar-refractivity contribution >= 4 is 0 Å². The number of nitrogens with zero attached hydrogens (tertiary/aromatic N) is 1. The lowest BCUT2D eigenvalue weighted by Gasteiger charge is -2.48. The van der Waals surface area contributed by atoms with Crippen LogP contribution in [0.5, 0.6) is 0 Å². The Kier molecular flexibility index (Phi) is 0.961. The Bertz CT molecular complexity index is 202. The normalized spacial score (nSPS) is 53.7. The zero-order valence-electron chi connectivity index (χ0n) is 7.21. The third-order valence-corrected chi connectivity index (χ3v) is 3.71. The van der Waals surface area contributed by atoms with Gasteiger partial charge in [-0.25, -0.2) is 0 Å². The maximum atomic E-state index is 5.64. The van der Waals surface area contributed by atoms with E-state index < -0.39 is 0 Å². The van der Waals surface area contributed by atoms with Crippen LogP contribution in [0.15, 0.2) is 0 Å². The molecule has 3 rings (SSSR count). The van der Waals surface area contributed by atoms with E-state index in [0.29, 0.717) is 17.6 Å². The zero-order valence-corrected chi connectivity index (χ0v) is 7.21. The van der Waals surface area contributed by atoms with E-state index in [1.54, 1.807) is 0 Å². The average molecular weight is 153 g/mol. The number of rotatable bonds is 1. The summed E-state index contributed by atoms with van der Waals surface area (Å²) >= 11 is 0. The monoisotopic (exact) mass is 153 g/mol. The van der Waals surface area contributed by atoms with Crippen LogP contribution in [0, 0.1) is 5.41 Å². The highest BCUT2D eigenvalue weighted by molar-refractivity contribution is 5.23. The second kappa shape index (κ2) is 1.64. The molecule has 0 radical (unpaired) electrons. The molecular formula is C9H15NO. The molecule has 3 aliphatic rings. The molecular weight excluding hydrogens is 138 g/mol. The summed E-state index contributed by atoms with van der Waals surface area (Å²) in [6.45, 7) is 6.87. The molecule has 1 aliphatic carbocycles. The van der Waals surface area contributed by atoms with Gasteiger partial charge in [-0.3, -0.25) is 4.90 Å². The van der Waals surface area contributed by atoms with Crippen molar-refractivity contribution in [3.63, 3.8) is 0 Å². The molecule has 2 heterocycles. The van der Waals surface area contributed by atoms with Crippen molar-refractivity contribution in [2.24, 2.45) is 5.41 Å². The minimum absolute atomic E-state index is 0.655. The third-order valence-electron chi connectivity index (χ3n) is 3.71. The first-order chi connectivity index (χ1) is 5.24. The van der Waals surface area contributed by atoms with Gasteiger partial charge in [0.1, 0.15) is 0 Å². The minimum Gasteiger partial charge on any atom is -0.376 e. The van der Waals surface area contributed by atoms with Gasteiger partial charge in [0.2, 0.25) is 0 Å². The van der Waals surface area contributed by atoms with Gasteiger partial charge >= 0.3 is 0 Å². The first-order valence-corrected chi connectivity index (χ1v) is 4.61. The Morgan fingerprint density at radius 3 is 2.91 bits per heavy atom. The van der Waals surface area contributed by atoms with Crippen LogP contribution in [0.25, 0.3) is 0 Å². The molecule has 0 N–H and O–H groups in total. The lowest BCUT2D eigenvalue weighted by molar-refractivity contribution is -0.0169. The van der Waals surface area contributed by atoms with Gasteiger partial charge in [-0.1, -0.05) is 0 Å². The van der Waals surface area contributed by atoms with Gasteiger partial charge in [0.05, 0.1) is 12.7 Å². The molecule has 3 unspecified atom stereocenters. The van der Waals surface area contributed by atoms with Gasteiger partial charge in [0.15, 0.2) is 0 Å². The Hall–Kier alpha value is -0.0800. The van der Waals surface area contributed by atoms with Crippen molar-refractivity contribution in [2.75, 3.05) is 13.2 Å². The predicted molar refractivity (Wildman–Crippen MR) is 42.4 cm³/mol. The van der Waals surface area contributed by atoms with Gasteiger partial charge in [0, 0.05) is 24.0 Å². The van der Waals surface area contributed by atoms with E-state index in [9.17, 15) is 0 Å². The Labute approximate surface area is 67.5 Å². The van der Waals surface area contributed by atoms with Crippen LogP contribution in [0.2, 0.25) is 0 Å². The smallest absolute Gasteiger partial charge is 0.0668 e. The molecule has 2 nitrogen and oxygen atoms in total. The Morgan fingerprint density at radius 2 is 2.36 bits per heavy atom. The Balaban J connectivity index is 1.79. The highest BCUT2D eigenvalue weighted by atomic mass is 16.5. The summed E-state index contributed by atoms with van der Waals surface area (Å²) in [6.07, 6.45) is 2.00. The second-order valence-electron chi connectivity index (χ2n) is 4.54. The molecule has 3 fully saturated rings. The van der Waals surface area contributed by atoms with Crippen LogP contribution in [-0.4, -0.2) is 36.2 Å². The third kappa shape index (κ3) is 0.574. The van der Waals surface area contributed by atoms with Crippen molar-refractivity contribution < 1.29 is 4.74 Å². The highest BCUT2D eigenvalue weighted by Crippen LogP contribution is 2.63. The lowest BCUT2D eigenvalue weighted by Crippen LogP contribution is -2.60. The van der Waals surface area contributed by atoms with Gasteiger partial charge in [-0.2, -0.15) is 0 Å². The second-order valence-corrected chi connectivity index (χ2v) is 4.54. The van der Waals surface area contributed by atoms with Gasteiger partial charge in [-0.15, -0.1) is 0 Å². The molecule has 0 aromatic heterocycles. The van der Waals surface area contributed by atoms with E-state index in [2.05, 4.69) is 18.7 Å². The summed E-state index contributed by atoms with van der Waals surface area (Å²) in [5.74, 6) is 0. The number of hydrogen-bond donors (Lipinski definition) is 0. The predicted octanol–water partition coefficient (Wildman–Crippen LogP) is 0.868. The number of hydrogen-bond acceptors (Lipinski definition) is 2. The van der Waals surface area contributed by atoms with Crippen molar-refractivity contribution in [1.82, 2.24) is 4.90 Å². The van der Waals surface area contributed by atoms with Crippen molar-refractivity contribution in [1.29, 1.82) is 0 Å². The SMILES string of the molecule is CC(C)N1CC23CC2OCC13. The molecule has 1 saturated carbocycles. The summed E-state index contributed by atoms with van der Waals surface area (Å²) in [5, 5.41) is 0. The molecule has 0 aromatic rings. The fourth-order valence-corrected chi connectivity index (χ4v) is 2.81. The van der Waals surface area contributed by atoms with Crippen LogP contribution in [0.4, 0.5) is 0 Å². The Morgan fingerprint density at radius 1 is 1.55 bits per heavy atom. The molecule has 11 heavy (non-hydrogen) atoms. The summed E-state index contributed by atoms with van der Waals surface area (Å²) in [5.41, 5.74) is 0.657. The first kappa shape index (κ1) is 6.44. The summed E-state index contributed by atoms with van der Waals surface area (Å²) in [7, 11) is 0. The maximum Gasteiger partial charge on any atom is 0.0668 e. The highest BCUT2D eigenvalue weighted by Gasteiger charge is 2.72. The van der Waals surface area contributed by atoms with Crippen LogP contribution < -0.4 is 0 Å². The quantitative estimate of drug-likeness (QED) is 0.554. The molecule has 1 spiro atoms. The topological polar surface area (TPSA) is 12.5 Å². The van der Waals surface area contributed by atoms with E-state index >= 15 is 0 Å². The summed E-state index contributed by atoms with van der Waals surface area (Å²) < 4.78 is 5.64. The van der Waals surface area contributed by atoms with Gasteiger partial charge in [0.25, 0.3) is 0 Å². The van der Waals surface area contributed by atoms with E-state index in [-0.39, 0.29) is 0 Å². The van der Waals surface area contributed by atoms with Crippen molar-refractivity contribution in [3.8, 4) is 0 Å². The molecule has 2 saturated heterocycles. The zero-order chi connectivity index (χ0) is 7.64. The van der Waals surface area contributed by atoms with E-state index in [1.165, 1.54) is 13.0 Å².